The van der Waals surface area contributed by atoms with Crippen LogP contribution < -0.4 is 9.47 Å². The Morgan fingerprint density at radius 3 is 1.55 bits per heavy atom. The quantitative estimate of drug-likeness (QED) is 0.0396. The minimum atomic E-state index is -2.47. The Bertz CT molecular complexity index is 1520. The van der Waals surface area contributed by atoms with E-state index in [4.69, 9.17) is 18.6 Å². The molecule has 0 radical (unpaired) electrons. The molecule has 0 N–H and O–H groups in total. The first kappa shape index (κ1) is 39.8. The van der Waals surface area contributed by atoms with Gasteiger partial charge < -0.3 is 23.4 Å². The van der Waals surface area contributed by atoms with Gasteiger partial charge in [0.25, 0.3) is 0 Å². The molecule has 0 bridgehead atoms. The number of hydrogen-bond acceptors (Lipinski definition) is 5. The van der Waals surface area contributed by atoms with E-state index in [0.29, 0.717) is 47.6 Å². The number of rotatable bonds is 20. The molecule has 5 nitrogen and oxygen atoms in total. The number of ether oxygens (including phenoxy) is 3. The van der Waals surface area contributed by atoms with Gasteiger partial charge in [-0.1, -0.05) is 145 Å². The number of methoxy groups -OCH3 is 2. The maximum absolute atomic E-state index is 12.7. The molecule has 6 heteroatoms. The third kappa shape index (κ3) is 8.74. The highest BCUT2D eigenvalue weighted by molar-refractivity contribution is 6.77. The monoisotopic (exact) mass is 706 g/mol. The number of benzene rings is 4. The summed E-state index contributed by atoms with van der Waals surface area (Å²) in [4.78, 5) is 12.7. The molecule has 3 atom stereocenters. The van der Waals surface area contributed by atoms with E-state index in [-0.39, 0.29) is 11.8 Å². The summed E-state index contributed by atoms with van der Waals surface area (Å²) in [6.07, 6.45) is 3.64. The van der Waals surface area contributed by atoms with Gasteiger partial charge in [0.15, 0.2) is 11.5 Å². The lowest BCUT2D eigenvalue weighted by atomic mass is 9.79. The van der Waals surface area contributed by atoms with Crippen LogP contribution >= 0.6 is 0 Å². The molecule has 0 amide bonds. The predicted octanol–water partition coefficient (Wildman–Crippen LogP) is 11.3. The van der Waals surface area contributed by atoms with Crippen LogP contribution in [0.4, 0.5) is 0 Å². The van der Waals surface area contributed by atoms with E-state index in [1.165, 1.54) is 0 Å². The van der Waals surface area contributed by atoms with E-state index in [1.807, 2.05) is 36.4 Å². The molecule has 272 valence electrons. The molecule has 0 fully saturated rings. The van der Waals surface area contributed by atoms with E-state index in [1.54, 1.807) is 14.2 Å². The minimum Gasteiger partial charge on any atom is -0.493 e. The molecule has 4 aromatic carbocycles. The summed E-state index contributed by atoms with van der Waals surface area (Å²) in [5.41, 5.74) is 4.15. The zero-order valence-electron chi connectivity index (χ0n) is 31.9. The Kier molecular flexibility index (Phi) is 14.4. The van der Waals surface area contributed by atoms with Crippen molar-refractivity contribution in [1.82, 2.24) is 0 Å². The standard InChI is InChI=1S/C45H58O5Si/c1-10-20-36(31-46)29-38(44(37-27-28-42(47-8)43(30-37)48-9)50-51(33(2)3,34(4)5)35(6)7)32-49-45(39-21-14-11-15-22-39,40-23-16-12-17-24-40)41-25-18-13-19-26-41/h10-19,21-28,30-31,33-36,38,44H,1,20,29,32H2,2-9H3/t36-,38+,44-/m1/s1. The first-order chi connectivity index (χ1) is 24.6. The highest BCUT2D eigenvalue weighted by Gasteiger charge is 2.49. The van der Waals surface area contributed by atoms with Crippen LogP contribution in [0.3, 0.4) is 0 Å². The molecule has 0 saturated heterocycles. The van der Waals surface area contributed by atoms with Crippen LogP contribution in [0.1, 0.15) is 82.7 Å². The largest absolute Gasteiger partial charge is 0.493 e. The molecule has 0 heterocycles. The van der Waals surface area contributed by atoms with Crippen molar-refractivity contribution in [2.24, 2.45) is 11.8 Å². The molecule has 51 heavy (non-hydrogen) atoms. The fraction of sp³-hybridized carbons (Fsp3) is 0.400. The third-order valence-electron chi connectivity index (χ3n) is 10.5. The number of carbonyl (C=O) groups is 1. The summed E-state index contributed by atoms with van der Waals surface area (Å²) >= 11 is 0. The van der Waals surface area contributed by atoms with Gasteiger partial charge in [-0.3, -0.25) is 0 Å². The fourth-order valence-corrected chi connectivity index (χ4v) is 13.8. The highest BCUT2D eigenvalue weighted by atomic mass is 28.4. The van der Waals surface area contributed by atoms with Crippen LogP contribution in [0, 0.1) is 11.8 Å². The van der Waals surface area contributed by atoms with Gasteiger partial charge in [-0.2, -0.15) is 0 Å². The van der Waals surface area contributed by atoms with Crippen molar-refractivity contribution in [3.8, 4) is 11.5 Å². The van der Waals surface area contributed by atoms with Crippen molar-refractivity contribution in [2.75, 3.05) is 20.8 Å². The maximum Gasteiger partial charge on any atom is 0.201 e. The summed E-state index contributed by atoms with van der Waals surface area (Å²) < 4.78 is 26.8. The average Bonchev–Trinajstić information content (AvgIpc) is 3.15. The van der Waals surface area contributed by atoms with Gasteiger partial charge in [-0.15, -0.1) is 6.58 Å². The first-order valence-electron chi connectivity index (χ1n) is 18.3. The van der Waals surface area contributed by atoms with E-state index in [9.17, 15) is 4.79 Å². The zero-order chi connectivity index (χ0) is 37.0. The second-order valence-corrected chi connectivity index (χ2v) is 19.9. The zero-order valence-corrected chi connectivity index (χ0v) is 32.9. The van der Waals surface area contributed by atoms with Gasteiger partial charge in [0.1, 0.15) is 11.9 Å². The van der Waals surface area contributed by atoms with Gasteiger partial charge in [0, 0.05) is 11.8 Å². The summed E-state index contributed by atoms with van der Waals surface area (Å²) in [5, 5.41) is 0. The van der Waals surface area contributed by atoms with Gasteiger partial charge in [-0.05, 0) is 63.9 Å². The van der Waals surface area contributed by atoms with Gasteiger partial charge in [0.05, 0.1) is 26.9 Å². The molecular formula is C45H58O5Si. The SMILES string of the molecule is C=CC[C@@H](C=O)C[C@@H](COC(c1ccccc1)(c1ccccc1)c1ccccc1)[C@H](O[Si](C(C)C)(C(C)C)C(C)C)c1ccc(OC)c(OC)c1. The molecule has 4 aromatic rings. The van der Waals surface area contributed by atoms with Crippen LogP contribution in [0.2, 0.25) is 16.6 Å². The van der Waals surface area contributed by atoms with Gasteiger partial charge in [-0.25, -0.2) is 0 Å². The van der Waals surface area contributed by atoms with Crippen molar-refractivity contribution < 1.29 is 23.4 Å². The van der Waals surface area contributed by atoms with Crippen LogP contribution in [0.25, 0.3) is 0 Å². The highest BCUT2D eigenvalue weighted by Crippen LogP contribution is 2.49. The lowest BCUT2D eigenvalue weighted by molar-refractivity contribution is -0.112. The number of hydrogen-bond donors (Lipinski definition) is 0. The van der Waals surface area contributed by atoms with Crippen LogP contribution in [0.5, 0.6) is 11.5 Å². The minimum absolute atomic E-state index is 0.211. The van der Waals surface area contributed by atoms with Crippen LogP contribution in [-0.2, 0) is 19.6 Å². The Labute approximate surface area is 308 Å². The molecule has 0 aliphatic heterocycles. The molecular weight excluding hydrogens is 649 g/mol. The lowest BCUT2D eigenvalue weighted by Crippen LogP contribution is -2.50. The molecule has 0 spiro atoms. The lowest BCUT2D eigenvalue weighted by Gasteiger charge is -2.47. The second-order valence-electron chi connectivity index (χ2n) is 14.5. The molecule has 0 aliphatic rings. The fourth-order valence-electron chi connectivity index (χ4n) is 8.18. The first-order valence-corrected chi connectivity index (χ1v) is 20.5. The van der Waals surface area contributed by atoms with Crippen molar-refractivity contribution in [3.05, 3.63) is 144 Å². The third-order valence-corrected chi connectivity index (χ3v) is 16.6. The Hall–Kier alpha value is -3.97. The van der Waals surface area contributed by atoms with Crippen molar-refractivity contribution in [3.63, 3.8) is 0 Å². The number of allylic oxidation sites excluding steroid dienone is 1. The molecule has 0 saturated carbocycles. The maximum atomic E-state index is 12.7. The Morgan fingerprint density at radius 1 is 0.686 bits per heavy atom. The Morgan fingerprint density at radius 2 is 1.16 bits per heavy atom. The summed E-state index contributed by atoms with van der Waals surface area (Å²) in [7, 11) is 0.842. The number of aldehydes is 1. The van der Waals surface area contributed by atoms with Crippen molar-refractivity contribution in [1.29, 1.82) is 0 Å². The Balaban J connectivity index is 1.99. The van der Waals surface area contributed by atoms with Crippen molar-refractivity contribution >= 4 is 14.6 Å². The van der Waals surface area contributed by atoms with Crippen LogP contribution in [0.15, 0.2) is 122 Å². The second kappa shape index (κ2) is 18.5. The van der Waals surface area contributed by atoms with Crippen molar-refractivity contribution in [2.45, 2.75) is 82.7 Å². The van der Waals surface area contributed by atoms with Gasteiger partial charge >= 0.3 is 0 Å². The van der Waals surface area contributed by atoms with E-state index in [0.717, 1.165) is 28.5 Å². The van der Waals surface area contributed by atoms with E-state index in [2.05, 4.69) is 127 Å². The normalized spacial score (nSPS) is 13.9. The molecule has 0 aliphatic carbocycles. The topological polar surface area (TPSA) is 54.0 Å². The van der Waals surface area contributed by atoms with Crippen LogP contribution in [-0.4, -0.2) is 35.4 Å². The van der Waals surface area contributed by atoms with E-state index >= 15 is 0 Å². The summed E-state index contributed by atoms with van der Waals surface area (Å²) in [5.74, 6) is 0.827. The molecule has 0 aromatic heterocycles. The van der Waals surface area contributed by atoms with E-state index < -0.39 is 20.0 Å². The smallest absolute Gasteiger partial charge is 0.201 e. The molecule has 4 rings (SSSR count). The predicted molar refractivity (Wildman–Crippen MR) is 212 cm³/mol. The van der Waals surface area contributed by atoms with Gasteiger partial charge in [0.2, 0.25) is 8.32 Å². The number of carbonyl (C=O) groups excluding carboxylic acids is 1. The summed E-state index contributed by atoms with van der Waals surface area (Å²) in [6, 6.07) is 37.4. The molecule has 0 unspecified atom stereocenters. The summed E-state index contributed by atoms with van der Waals surface area (Å²) in [6.45, 7) is 18.1. The average molecular weight is 707 g/mol.